The molecule has 0 fully saturated rings. The highest BCUT2D eigenvalue weighted by molar-refractivity contribution is 7.80. The van der Waals surface area contributed by atoms with Crippen molar-refractivity contribution in [1.82, 2.24) is 10.3 Å². The highest BCUT2D eigenvalue weighted by atomic mass is 32.1. The molecule has 5 rings (SSSR count). The van der Waals surface area contributed by atoms with Gasteiger partial charge in [0.25, 0.3) is 5.91 Å². The van der Waals surface area contributed by atoms with E-state index in [1.807, 2.05) is 45.0 Å². The van der Waals surface area contributed by atoms with Gasteiger partial charge in [-0.1, -0.05) is 24.3 Å². The Balaban J connectivity index is 1.33. The molecule has 0 unspecified atom stereocenters. The Kier molecular flexibility index (Phi) is 6.12. The van der Waals surface area contributed by atoms with Crippen molar-refractivity contribution in [2.24, 2.45) is 0 Å². The first-order valence-corrected chi connectivity index (χ1v) is 11.7. The molecule has 5 aromatic rings. The van der Waals surface area contributed by atoms with Gasteiger partial charge in [-0.15, -0.1) is 0 Å². The molecule has 180 valence electrons. The van der Waals surface area contributed by atoms with Crippen LogP contribution in [0.2, 0.25) is 0 Å². The van der Waals surface area contributed by atoms with E-state index in [1.165, 1.54) is 12.1 Å². The van der Waals surface area contributed by atoms with E-state index in [4.69, 9.17) is 21.1 Å². The van der Waals surface area contributed by atoms with E-state index in [9.17, 15) is 9.18 Å². The predicted molar refractivity (Wildman–Crippen MR) is 141 cm³/mol. The maximum absolute atomic E-state index is 14.0. The number of halogens is 1. The van der Waals surface area contributed by atoms with Crippen LogP contribution in [-0.2, 0) is 0 Å². The van der Waals surface area contributed by atoms with Gasteiger partial charge in [0.2, 0.25) is 5.89 Å². The summed E-state index contributed by atoms with van der Waals surface area (Å²) in [5.41, 5.74) is 6.33. The fourth-order valence-electron chi connectivity index (χ4n) is 4.08. The van der Waals surface area contributed by atoms with Gasteiger partial charge in [-0.2, -0.15) is 0 Å². The number of carbonyl (C=O) groups is 1. The molecule has 0 saturated heterocycles. The minimum atomic E-state index is -0.548. The Morgan fingerprint density at radius 1 is 0.944 bits per heavy atom. The number of aryl methyl sites for hydroxylation is 2. The third kappa shape index (κ3) is 4.50. The van der Waals surface area contributed by atoms with Crippen LogP contribution < -0.4 is 10.6 Å². The van der Waals surface area contributed by atoms with Crippen LogP contribution in [0.4, 0.5) is 10.1 Å². The zero-order chi connectivity index (χ0) is 25.4. The molecule has 0 bridgehead atoms. The molecule has 2 heterocycles. The van der Waals surface area contributed by atoms with Crippen LogP contribution >= 0.6 is 12.2 Å². The third-order valence-corrected chi connectivity index (χ3v) is 6.03. The van der Waals surface area contributed by atoms with E-state index in [1.54, 1.807) is 24.3 Å². The van der Waals surface area contributed by atoms with Crippen molar-refractivity contribution in [2.75, 3.05) is 5.32 Å². The first kappa shape index (κ1) is 23.4. The Morgan fingerprint density at radius 2 is 1.72 bits per heavy atom. The van der Waals surface area contributed by atoms with Crippen molar-refractivity contribution in [2.45, 2.75) is 20.8 Å². The van der Waals surface area contributed by atoms with E-state index in [2.05, 4.69) is 21.7 Å². The molecule has 0 aliphatic carbocycles. The molecule has 36 heavy (non-hydrogen) atoms. The van der Waals surface area contributed by atoms with E-state index < -0.39 is 11.7 Å². The number of thiocarbonyl (C=S) groups is 1. The summed E-state index contributed by atoms with van der Waals surface area (Å²) in [6, 6.07) is 18.9. The molecule has 0 saturated carbocycles. The smallest absolute Gasteiger partial charge is 0.293 e. The maximum atomic E-state index is 14.0. The highest BCUT2D eigenvalue weighted by Crippen LogP contribution is 2.32. The van der Waals surface area contributed by atoms with E-state index in [0.717, 1.165) is 33.4 Å². The average Bonchev–Trinajstić information content (AvgIpc) is 3.48. The summed E-state index contributed by atoms with van der Waals surface area (Å²) in [6.45, 7) is 5.94. The minimum absolute atomic E-state index is 0.0139. The summed E-state index contributed by atoms with van der Waals surface area (Å²) in [5.74, 6) is -0.209. The molecule has 2 aromatic heterocycles. The van der Waals surface area contributed by atoms with E-state index >= 15 is 0 Å². The lowest BCUT2D eigenvalue weighted by atomic mass is 10.1. The topological polar surface area (TPSA) is 80.3 Å². The van der Waals surface area contributed by atoms with Crippen LogP contribution in [0.5, 0.6) is 0 Å². The first-order chi connectivity index (χ1) is 17.3. The number of hydrogen-bond donors (Lipinski definition) is 2. The summed E-state index contributed by atoms with van der Waals surface area (Å²) in [6.07, 6.45) is 0. The summed E-state index contributed by atoms with van der Waals surface area (Å²) in [7, 11) is 0. The number of nitrogens with one attached hydrogen (secondary N) is 2. The Bertz CT molecular complexity index is 1640. The minimum Gasteiger partial charge on any atom is -0.451 e. The van der Waals surface area contributed by atoms with Crippen molar-refractivity contribution < 1.29 is 18.0 Å². The quantitative estimate of drug-likeness (QED) is 0.261. The molecule has 0 aliphatic rings. The third-order valence-electron chi connectivity index (χ3n) is 5.83. The van der Waals surface area contributed by atoms with Crippen molar-refractivity contribution in [1.29, 1.82) is 0 Å². The summed E-state index contributed by atoms with van der Waals surface area (Å²) < 4.78 is 25.6. The van der Waals surface area contributed by atoms with Crippen molar-refractivity contribution in [3.05, 3.63) is 95.0 Å². The number of hydrogen-bond acceptors (Lipinski definition) is 5. The second kappa shape index (κ2) is 9.39. The van der Waals surface area contributed by atoms with Crippen LogP contribution in [0.15, 0.2) is 75.6 Å². The van der Waals surface area contributed by atoms with Gasteiger partial charge < -0.3 is 14.2 Å². The second-order valence-electron chi connectivity index (χ2n) is 8.48. The Hall–Kier alpha value is -4.30. The largest absolute Gasteiger partial charge is 0.451 e. The van der Waals surface area contributed by atoms with Gasteiger partial charge in [0.05, 0.1) is 5.56 Å². The number of anilines is 1. The molecule has 0 aliphatic heterocycles. The summed E-state index contributed by atoms with van der Waals surface area (Å²) in [5, 5.41) is 5.74. The second-order valence-corrected chi connectivity index (χ2v) is 8.89. The van der Waals surface area contributed by atoms with Gasteiger partial charge in [-0.05, 0) is 92.1 Å². The fourth-order valence-corrected chi connectivity index (χ4v) is 4.28. The van der Waals surface area contributed by atoms with Crippen molar-refractivity contribution in [3.8, 4) is 22.8 Å². The predicted octanol–water partition coefficient (Wildman–Crippen LogP) is 6.95. The van der Waals surface area contributed by atoms with E-state index in [-0.39, 0.29) is 22.2 Å². The SMILES string of the molecule is Cc1cc(C)c2oc(-c3cccc(NC(=S)NC(=O)c4ccc(-c5ccccc5F)o4)c3C)nc2c1. The standard InChI is InChI=1S/C28H22FN3O3S/c1-15-13-16(2)25-22(14-15)30-27(35-25)18-8-6-10-21(17(18)3)31-28(36)32-26(33)24-12-11-23(34-24)19-7-4-5-9-20(19)29/h4-14H,1-3H3,(H2,31,32,33,36). The van der Waals surface area contributed by atoms with Crippen LogP contribution in [0.25, 0.3) is 33.9 Å². The van der Waals surface area contributed by atoms with Crippen LogP contribution in [0.1, 0.15) is 27.2 Å². The van der Waals surface area contributed by atoms with Crippen molar-refractivity contribution >= 4 is 40.0 Å². The summed E-state index contributed by atoms with van der Waals surface area (Å²) in [4.78, 5) is 17.3. The molecule has 0 atom stereocenters. The Labute approximate surface area is 212 Å². The molecular weight excluding hydrogens is 477 g/mol. The number of rotatable bonds is 4. The average molecular weight is 500 g/mol. The zero-order valence-electron chi connectivity index (χ0n) is 19.8. The lowest BCUT2D eigenvalue weighted by molar-refractivity contribution is 0.0951. The van der Waals surface area contributed by atoms with Gasteiger partial charge in [-0.3, -0.25) is 10.1 Å². The Morgan fingerprint density at radius 3 is 2.53 bits per heavy atom. The number of carbonyl (C=O) groups excluding carboxylic acids is 1. The number of benzene rings is 3. The number of fused-ring (bicyclic) bond motifs is 1. The van der Waals surface area contributed by atoms with Crippen molar-refractivity contribution in [3.63, 3.8) is 0 Å². The van der Waals surface area contributed by atoms with Crippen LogP contribution in [0, 0.1) is 26.6 Å². The maximum Gasteiger partial charge on any atom is 0.293 e. The molecule has 0 spiro atoms. The van der Waals surface area contributed by atoms with Gasteiger partial charge >= 0.3 is 0 Å². The molecule has 8 heteroatoms. The van der Waals surface area contributed by atoms with Crippen LogP contribution in [-0.4, -0.2) is 16.0 Å². The zero-order valence-corrected chi connectivity index (χ0v) is 20.6. The van der Waals surface area contributed by atoms with Gasteiger partial charge in [-0.25, -0.2) is 9.37 Å². The molecular formula is C28H22FN3O3S. The molecule has 0 radical (unpaired) electrons. The first-order valence-electron chi connectivity index (χ1n) is 11.2. The summed E-state index contributed by atoms with van der Waals surface area (Å²) >= 11 is 5.35. The number of amides is 1. The molecule has 2 N–H and O–H groups in total. The van der Waals surface area contributed by atoms with Gasteiger partial charge in [0.15, 0.2) is 16.5 Å². The number of aromatic nitrogens is 1. The number of nitrogens with zero attached hydrogens (tertiary/aromatic N) is 1. The lowest BCUT2D eigenvalue weighted by Gasteiger charge is -2.13. The fraction of sp³-hybridized carbons (Fsp3) is 0.107. The van der Waals surface area contributed by atoms with Crippen LogP contribution in [0.3, 0.4) is 0 Å². The van der Waals surface area contributed by atoms with Gasteiger partial charge in [0, 0.05) is 11.3 Å². The van der Waals surface area contributed by atoms with Gasteiger partial charge in [0.1, 0.15) is 17.1 Å². The number of furan rings is 1. The highest BCUT2D eigenvalue weighted by Gasteiger charge is 2.18. The number of oxazole rings is 1. The molecule has 3 aromatic carbocycles. The van der Waals surface area contributed by atoms with E-state index in [0.29, 0.717) is 11.6 Å². The molecule has 6 nitrogen and oxygen atoms in total. The normalized spacial score (nSPS) is 11.0. The monoisotopic (exact) mass is 499 g/mol. The lowest BCUT2D eigenvalue weighted by Crippen LogP contribution is -2.34. The molecule has 1 amide bonds.